The molecule has 2 aromatic carbocycles. The van der Waals surface area contributed by atoms with Crippen molar-refractivity contribution in [1.82, 2.24) is 15.0 Å². The summed E-state index contributed by atoms with van der Waals surface area (Å²) in [5.74, 6) is -0.172. The first kappa shape index (κ1) is 15.1. The summed E-state index contributed by atoms with van der Waals surface area (Å²) in [6.45, 7) is 0. The van der Waals surface area contributed by atoms with Crippen LogP contribution in [0.5, 0.6) is 0 Å². The van der Waals surface area contributed by atoms with Gasteiger partial charge in [0.25, 0.3) is 5.91 Å². The van der Waals surface area contributed by atoms with Crippen LogP contribution in [0.15, 0.2) is 42.5 Å². The Bertz CT molecular complexity index is 882. The minimum absolute atomic E-state index is 0.172. The van der Waals surface area contributed by atoms with Crippen LogP contribution in [0.3, 0.4) is 0 Å². The molecule has 1 amide bonds. The summed E-state index contributed by atoms with van der Waals surface area (Å²) in [5, 5.41) is 12.6. The van der Waals surface area contributed by atoms with Crippen LogP contribution in [0, 0.1) is 0 Å². The fourth-order valence-electron chi connectivity index (χ4n) is 3.11. The molecule has 122 valence electrons. The smallest absolute Gasteiger partial charge is 0.255 e. The van der Waals surface area contributed by atoms with Crippen molar-refractivity contribution in [2.45, 2.75) is 31.7 Å². The van der Waals surface area contributed by atoms with Crippen LogP contribution in [0.2, 0.25) is 5.02 Å². The number of nitrogens with one attached hydrogen (secondary N) is 1. The number of rotatable bonds is 3. The Hall–Kier alpha value is -2.40. The van der Waals surface area contributed by atoms with Crippen molar-refractivity contribution in [2.24, 2.45) is 0 Å². The minimum atomic E-state index is -0.172. The van der Waals surface area contributed by atoms with Crippen molar-refractivity contribution in [3.63, 3.8) is 0 Å². The highest BCUT2D eigenvalue weighted by Gasteiger charge is 2.19. The lowest BCUT2D eigenvalue weighted by atomic mass is 10.2. The second kappa shape index (κ2) is 6.24. The van der Waals surface area contributed by atoms with Crippen LogP contribution >= 0.6 is 11.6 Å². The summed E-state index contributed by atoms with van der Waals surface area (Å²) in [4.78, 5) is 14.1. The number of nitrogens with zero attached hydrogens (tertiary/aromatic N) is 3. The van der Waals surface area contributed by atoms with E-state index in [4.69, 9.17) is 11.6 Å². The van der Waals surface area contributed by atoms with Gasteiger partial charge in [-0.15, -0.1) is 0 Å². The van der Waals surface area contributed by atoms with E-state index in [9.17, 15) is 4.79 Å². The molecule has 5 nitrogen and oxygen atoms in total. The average Bonchev–Trinajstić information content (AvgIpc) is 3.24. The largest absolute Gasteiger partial charge is 0.322 e. The molecule has 1 aromatic heterocycles. The lowest BCUT2D eigenvalue weighted by Gasteiger charge is -2.05. The molecule has 3 aromatic rings. The maximum absolute atomic E-state index is 12.3. The van der Waals surface area contributed by atoms with Crippen LogP contribution in [-0.4, -0.2) is 20.9 Å². The Kier molecular flexibility index (Phi) is 3.94. The maximum atomic E-state index is 12.3. The second-order valence-corrected chi connectivity index (χ2v) is 6.56. The van der Waals surface area contributed by atoms with Crippen LogP contribution in [0.1, 0.15) is 42.1 Å². The average molecular weight is 341 g/mol. The van der Waals surface area contributed by atoms with E-state index in [1.807, 2.05) is 23.0 Å². The van der Waals surface area contributed by atoms with Crippen molar-refractivity contribution in [3.05, 3.63) is 53.1 Å². The third kappa shape index (κ3) is 2.99. The number of fused-ring (bicyclic) bond motifs is 1. The number of halogens is 1. The maximum Gasteiger partial charge on any atom is 0.255 e. The molecule has 1 fully saturated rings. The second-order valence-electron chi connectivity index (χ2n) is 6.12. The molecule has 0 radical (unpaired) electrons. The van der Waals surface area contributed by atoms with E-state index in [-0.39, 0.29) is 5.91 Å². The summed E-state index contributed by atoms with van der Waals surface area (Å²) < 4.78 is 0. The molecular weight excluding hydrogens is 324 g/mol. The van der Waals surface area contributed by atoms with E-state index < -0.39 is 0 Å². The zero-order valence-corrected chi connectivity index (χ0v) is 13.8. The molecular formula is C18H17ClN4O. The van der Waals surface area contributed by atoms with Gasteiger partial charge in [-0.25, -0.2) is 0 Å². The van der Waals surface area contributed by atoms with E-state index in [1.54, 1.807) is 24.3 Å². The molecule has 0 unspecified atom stereocenters. The third-order valence-corrected chi connectivity index (χ3v) is 4.66. The zero-order chi connectivity index (χ0) is 16.5. The Morgan fingerprint density at radius 3 is 2.50 bits per heavy atom. The number of benzene rings is 2. The lowest BCUT2D eigenvalue weighted by Crippen LogP contribution is -2.11. The summed E-state index contributed by atoms with van der Waals surface area (Å²) >= 11 is 5.85. The van der Waals surface area contributed by atoms with Crippen molar-refractivity contribution in [2.75, 3.05) is 5.32 Å². The van der Waals surface area contributed by atoms with Crippen LogP contribution in [0.4, 0.5) is 5.69 Å². The van der Waals surface area contributed by atoms with Gasteiger partial charge in [0.05, 0.1) is 6.04 Å². The first-order valence-corrected chi connectivity index (χ1v) is 8.50. The molecule has 1 aliphatic carbocycles. The number of amides is 1. The predicted molar refractivity (Wildman–Crippen MR) is 94.4 cm³/mol. The van der Waals surface area contributed by atoms with E-state index in [1.165, 1.54) is 12.8 Å². The first-order valence-electron chi connectivity index (χ1n) is 8.12. The van der Waals surface area contributed by atoms with Gasteiger partial charge in [0.15, 0.2) is 0 Å². The van der Waals surface area contributed by atoms with Crippen molar-refractivity contribution < 1.29 is 4.79 Å². The Morgan fingerprint density at radius 1 is 1.04 bits per heavy atom. The summed E-state index contributed by atoms with van der Waals surface area (Å²) in [7, 11) is 0. The van der Waals surface area contributed by atoms with E-state index >= 15 is 0 Å². The van der Waals surface area contributed by atoms with E-state index in [0.717, 1.165) is 23.9 Å². The molecule has 0 bridgehead atoms. The molecule has 4 rings (SSSR count). The van der Waals surface area contributed by atoms with Gasteiger partial charge in [0.2, 0.25) is 0 Å². The first-order chi connectivity index (χ1) is 11.7. The lowest BCUT2D eigenvalue weighted by molar-refractivity contribution is 0.102. The molecule has 6 heteroatoms. The van der Waals surface area contributed by atoms with Crippen LogP contribution in [-0.2, 0) is 0 Å². The van der Waals surface area contributed by atoms with Crippen molar-refractivity contribution >= 4 is 34.2 Å². The molecule has 1 saturated carbocycles. The van der Waals surface area contributed by atoms with Crippen molar-refractivity contribution in [3.8, 4) is 0 Å². The normalized spacial score (nSPS) is 15.0. The van der Waals surface area contributed by atoms with Gasteiger partial charge in [-0.2, -0.15) is 15.0 Å². The number of carbonyl (C=O) groups is 1. The Labute approximate surface area is 144 Å². The highest BCUT2D eigenvalue weighted by atomic mass is 35.5. The van der Waals surface area contributed by atoms with Gasteiger partial charge in [0.1, 0.15) is 11.0 Å². The fraction of sp³-hybridized carbons (Fsp3) is 0.278. The van der Waals surface area contributed by atoms with Gasteiger partial charge in [-0.3, -0.25) is 4.79 Å². The quantitative estimate of drug-likeness (QED) is 0.766. The fourth-order valence-corrected chi connectivity index (χ4v) is 3.24. The molecule has 1 N–H and O–H groups in total. The van der Waals surface area contributed by atoms with Gasteiger partial charge < -0.3 is 5.32 Å². The number of anilines is 1. The van der Waals surface area contributed by atoms with Crippen molar-refractivity contribution in [1.29, 1.82) is 0 Å². The van der Waals surface area contributed by atoms with Gasteiger partial charge in [0, 0.05) is 16.3 Å². The Morgan fingerprint density at radius 2 is 1.75 bits per heavy atom. The summed E-state index contributed by atoms with van der Waals surface area (Å²) in [6, 6.07) is 12.8. The third-order valence-electron chi connectivity index (χ3n) is 4.41. The number of hydrogen-bond donors (Lipinski definition) is 1. The molecule has 1 aliphatic rings. The molecule has 24 heavy (non-hydrogen) atoms. The van der Waals surface area contributed by atoms with E-state index in [2.05, 4.69) is 15.5 Å². The summed E-state index contributed by atoms with van der Waals surface area (Å²) in [6.07, 6.45) is 4.76. The molecule has 0 spiro atoms. The molecule has 0 atom stereocenters. The van der Waals surface area contributed by atoms with Gasteiger partial charge >= 0.3 is 0 Å². The molecule has 0 aliphatic heterocycles. The topological polar surface area (TPSA) is 59.8 Å². The van der Waals surface area contributed by atoms with E-state index in [0.29, 0.717) is 22.3 Å². The summed E-state index contributed by atoms with van der Waals surface area (Å²) in [5.41, 5.74) is 2.93. The predicted octanol–water partition coefficient (Wildman–Crippen LogP) is 4.45. The monoisotopic (exact) mass is 340 g/mol. The zero-order valence-electron chi connectivity index (χ0n) is 13.1. The number of carbonyl (C=O) groups excluding carboxylic acids is 1. The molecule has 0 saturated heterocycles. The number of hydrogen-bond acceptors (Lipinski definition) is 3. The number of aromatic nitrogens is 3. The van der Waals surface area contributed by atoms with Gasteiger partial charge in [-0.1, -0.05) is 24.4 Å². The van der Waals surface area contributed by atoms with Crippen LogP contribution < -0.4 is 5.32 Å². The highest BCUT2D eigenvalue weighted by molar-refractivity contribution is 6.30. The highest BCUT2D eigenvalue weighted by Crippen LogP contribution is 2.29. The minimum Gasteiger partial charge on any atom is -0.322 e. The van der Waals surface area contributed by atoms with Gasteiger partial charge in [-0.05, 0) is 55.3 Å². The molecule has 1 heterocycles. The Balaban J connectivity index is 1.55. The standard InChI is InChI=1S/C18H17ClN4O/c19-13-7-5-12(6-8-13)18(24)20-14-9-10-16-17(11-14)22-23(21-16)15-3-1-2-4-15/h5-11,15H,1-4H2,(H,20,24). The SMILES string of the molecule is O=C(Nc1ccc2nn(C3CCCC3)nc2c1)c1ccc(Cl)cc1. The van der Waals surface area contributed by atoms with Crippen LogP contribution in [0.25, 0.3) is 11.0 Å².